The molecule has 0 atom stereocenters. The lowest BCUT2D eigenvalue weighted by Crippen LogP contribution is -2.20. The first-order valence-corrected chi connectivity index (χ1v) is 11.7. The highest BCUT2D eigenvalue weighted by atomic mass is 35.5. The highest BCUT2D eigenvalue weighted by molar-refractivity contribution is 6.30. The topological polar surface area (TPSA) is 34.2 Å². The molecule has 8 heteroatoms. The average Bonchev–Trinajstić information content (AvgIpc) is 3.25. The third-order valence-corrected chi connectivity index (χ3v) is 5.70. The predicted octanol–water partition coefficient (Wildman–Crippen LogP) is 7.44. The van der Waals surface area contributed by atoms with Crippen LogP contribution in [-0.2, 0) is 6.18 Å². The lowest BCUT2D eigenvalue weighted by molar-refractivity contribution is -0.137. The molecular weight excluding hydrogens is 490 g/mol. The summed E-state index contributed by atoms with van der Waals surface area (Å²) in [6.07, 6.45) is -4.72. The number of rotatable bonds is 5. The van der Waals surface area contributed by atoms with E-state index in [4.69, 9.17) is 17.3 Å². The summed E-state index contributed by atoms with van der Waals surface area (Å²) < 4.78 is 56.6. The second-order valence-corrected chi connectivity index (χ2v) is 9.00. The largest absolute Gasteiger partial charge is 0.418 e. The number of hydrogen-bond acceptors (Lipinski definition) is 2. The number of alkyl halides is 3. The van der Waals surface area contributed by atoms with Gasteiger partial charge < -0.3 is 15.2 Å². The van der Waals surface area contributed by atoms with Gasteiger partial charge in [0.1, 0.15) is 5.82 Å². The second kappa shape index (κ2) is 11.7. The Morgan fingerprint density at radius 1 is 0.833 bits per heavy atom. The van der Waals surface area contributed by atoms with Crippen molar-refractivity contribution in [3.8, 4) is 28.2 Å². The quantitative estimate of drug-likeness (QED) is 0.279. The Bertz CT molecular complexity index is 1210. The Kier molecular flexibility index (Phi) is 8.95. The van der Waals surface area contributed by atoms with Crippen LogP contribution in [0.15, 0.2) is 78.9 Å². The molecular formula is C28H28ClF4N3. The smallest absolute Gasteiger partial charge is 0.329 e. The Morgan fingerprint density at radius 2 is 1.36 bits per heavy atom. The van der Waals surface area contributed by atoms with Gasteiger partial charge in [0.25, 0.3) is 0 Å². The van der Waals surface area contributed by atoms with Crippen LogP contribution in [0.2, 0.25) is 5.02 Å². The number of benzene rings is 3. The van der Waals surface area contributed by atoms with Gasteiger partial charge in [-0.3, -0.25) is 0 Å². The average molecular weight is 518 g/mol. The maximum atomic E-state index is 13.8. The summed E-state index contributed by atoms with van der Waals surface area (Å²) in [7, 11) is 4.01. The SMILES string of the molecule is CN(C)CCN.Cc1ccc(-c2ccc(-c3ccc(Cl)cc3)n2-c2ccc(F)cc2C(F)(F)F)cc1. The van der Waals surface area contributed by atoms with E-state index in [1.807, 2.05) is 45.3 Å². The normalized spacial score (nSPS) is 11.4. The van der Waals surface area contributed by atoms with Crippen molar-refractivity contribution in [3.63, 3.8) is 0 Å². The van der Waals surface area contributed by atoms with Gasteiger partial charge in [-0.25, -0.2) is 4.39 Å². The number of nitrogens with two attached hydrogens (primary N) is 1. The minimum atomic E-state index is -4.72. The van der Waals surface area contributed by atoms with Crippen molar-refractivity contribution in [1.82, 2.24) is 9.47 Å². The molecule has 3 nitrogen and oxygen atoms in total. The van der Waals surface area contributed by atoms with E-state index in [0.29, 0.717) is 28.0 Å². The third-order valence-electron chi connectivity index (χ3n) is 5.45. The van der Waals surface area contributed by atoms with Crippen LogP contribution in [0.5, 0.6) is 0 Å². The molecule has 0 unspecified atom stereocenters. The van der Waals surface area contributed by atoms with Crippen molar-refractivity contribution in [2.75, 3.05) is 27.2 Å². The van der Waals surface area contributed by atoms with Crippen LogP contribution in [0.25, 0.3) is 28.2 Å². The van der Waals surface area contributed by atoms with Crippen LogP contribution in [0.1, 0.15) is 11.1 Å². The number of aromatic nitrogens is 1. The maximum Gasteiger partial charge on any atom is 0.418 e. The zero-order valence-corrected chi connectivity index (χ0v) is 21.0. The number of halogens is 5. The molecule has 1 aromatic heterocycles. The van der Waals surface area contributed by atoms with E-state index in [1.165, 1.54) is 4.57 Å². The number of aryl methyl sites for hydroxylation is 1. The fourth-order valence-electron chi connectivity index (χ4n) is 3.68. The molecule has 1 heterocycles. The molecule has 0 aliphatic carbocycles. The molecule has 0 bridgehead atoms. The van der Waals surface area contributed by atoms with Crippen molar-refractivity contribution in [3.05, 3.63) is 101 Å². The molecule has 0 saturated carbocycles. The van der Waals surface area contributed by atoms with Gasteiger partial charge in [-0.2, -0.15) is 13.2 Å². The first-order chi connectivity index (χ1) is 17.0. The lowest BCUT2D eigenvalue weighted by Gasteiger charge is -2.19. The molecule has 190 valence electrons. The van der Waals surface area contributed by atoms with E-state index in [0.717, 1.165) is 36.3 Å². The fraction of sp³-hybridized carbons (Fsp3) is 0.214. The minimum absolute atomic E-state index is 0.144. The van der Waals surface area contributed by atoms with Crippen molar-refractivity contribution < 1.29 is 17.6 Å². The van der Waals surface area contributed by atoms with E-state index in [-0.39, 0.29) is 5.69 Å². The van der Waals surface area contributed by atoms with Gasteiger partial charge in [0, 0.05) is 18.1 Å². The molecule has 36 heavy (non-hydrogen) atoms. The van der Waals surface area contributed by atoms with Crippen LogP contribution in [-0.4, -0.2) is 36.7 Å². The Hall–Kier alpha value is -3.13. The summed E-state index contributed by atoms with van der Waals surface area (Å²) in [5.41, 5.74) is 7.59. The summed E-state index contributed by atoms with van der Waals surface area (Å²) >= 11 is 5.98. The molecule has 0 spiro atoms. The van der Waals surface area contributed by atoms with Crippen LogP contribution in [0.3, 0.4) is 0 Å². The van der Waals surface area contributed by atoms with Crippen molar-refractivity contribution in [2.45, 2.75) is 13.1 Å². The monoisotopic (exact) mass is 517 g/mol. The molecule has 0 fully saturated rings. The highest BCUT2D eigenvalue weighted by Crippen LogP contribution is 2.39. The zero-order chi connectivity index (χ0) is 26.5. The molecule has 4 aromatic rings. The van der Waals surface area contributed by atoms with Crippen LogP contribution >= 0.6 is 11.6 Å². The predicted molar refractivity (Wildman–Crippen MR) is 139 cm³/mol. The van der Waals surface area contributed by atoms with E-state index < -0.39 is 17.6 Å². The number of hydrogen-bond donors (Lipinski definition) is 1. The van der Waals surface area contributed by atoms with Gasteiger partial charge in [0.2, 0.25) is 0 Å². The van der Waals surface area contributed by atoms with Gasteiger partial charge in [0.15, 0.2) is 0 Å². The van der Waals surface area contributed by atoms with Crippen LogP contribution in [0, 0.1) is 12.7 Å². The molecule has 0 aliphatic heterocycles. The molecule has 3 aromatic carbocycles. The van der Waals surface area contributed by atoms with Crippen molar-refractivity contribution in [1.29, 1.82) is 0 Å². The molecule has 0 radical (unpaired) electrons. The summed E-state index contributed by atoms with van der Waals surface area (Å²) in [4.78, 5) is 2.06. The van der Waals surface area contributed by atoms with Crippen molar-refractivity contribution >= 4 is 11.6 Å². The second-order valence-electron chi connectivity index (χ2n) is 8.56. The molecule has 0 saturated heterocycles. The number of nitrogens with zero attached hydrogens (tertiary/aromatic N) is 2. The van der Waals surface area contributed by atoms with Crippen LogP contribution < -0.4 is 5.73 Å². The first-order valence-electron chi connectivity index (χ1n) is 11.3. The Balaban J connectivity index is 0.000000538. The van der Waals surface area contributed by atoms with E-state index >= 15 is 0 Å². The van der Waals surface area contributed by atoms with Gasteiger partial charge in [0.05, 0.1) is 22.6 Å². The standard InChI is InChI=1S/C24H16ClF4N.C4H12N2/c1-15-2-4-16(5-3-15)21-12-13-22(17-6-8-18(25)9-7-17)30(21)23-11-10-19(26)14-20(23)24(27,28)29;1-6(2)4-3-5/h2-14H,1H3;3-5H2,1-2H3. The van der Waals surface area contributed by atoms with Crippen LogP contribution in [0.4, 0.5) is 17.6 Å². The zero-order valence-electron chi connectivity index (χ0n) is 20.3. The fourth-order valence-corrected chi connectivity index (χ4v) is 3.81. The summed E-state index contributed by atoms with van der Waals surface area (Å²) in [5.74, 6) is -0.942. The van der Waals surface area contributed by atoms with Gasteiger partial charge in [-0.15, -0.1) is 0 Å². The minimum Gasteiger partial charge on any atom is -0.329 e. The summed E-state index contributed by atoms with van der Waals surface area (Å²) in [6.45, 7) is 3.68. The van der Waals surface area contributed by atoms with E-state index in [1.54, 1.807) is 36.4 Å². The van der Waals surface area contributed by atoms with Gasteiger partial charge >= 0.3 is 6.18 Å². The molecule has 0 aliphatic rings. The molecule has 4 rings (SSSR count). The van der Waals surface area contributed by atoms with Crippen molar-refractivity contribution in [2.24, 2.45) is 5.73 Å². The number of likely N-dealkylation sites (N-methyl/N-ethyl adjacent to an activating group) is 1. The molecule has 2 N–H and O–H groups in total. The maximum absolute atomic E-state index is 13.8. The Labute approximate surface area is 213 Å². The lowest BCUT2D eigenvalue weighted by atomic mass is 10.1. The van der Waals surface area contributed by atoms with E-state index in [9.17, 15) is 17.6 Å². The highest BCUT2D eigenvalue weighted by Gasteiger charge is 2.35. The first kappa shape index (κ1) is 27.5. The Morgan fingerprint density at radius 3 is 1.81 bits per heavy atom. The van der Waals surface area contributed by atoms with Gasteiger partial charge in [-0.05, 0) is 74.6 Å². The molecule has 0 amide bonds. The summed E-state index contributed by atoms with van der Waals surface area (Å²) in [5, 5.41) is 0.522. The van der Waals surface area contributed by atoms with Gasteiger partial charge in [-0.1, -0.05) is 53.6 Å². The third kappa shape index (κ3) is 6.75. The van der Waals surface area contributed by atoms with E-state index in [2.05, 4.69) is 4.90 Å². The summed E-state index contributed by atoms with van der Waals surface area (Å²) in [6, 6.07) is 20.6.